The summed E-state index contributed by atoms with van der Waals surface area (Å²) in [5.74, 6) is 0.258. The first kappa shape index (κ1) is 7.25. The van der Waals surface area contributed by atoms with Crippen LogP contribution < -0.4 is 0 Å². The van der Waals surface area contributed by atoms with Gasteiger partial charge in [0.1, 0.15) is 6.29 Å². The quantitative estimate of drug-likeness (QED) is 0.510. The molecule has 0 radical (unpaired) electrons. The predicted molar refractivity (Wildman–Crippen MR) is 36.4 cm³/mol. The van der Waals surface area contributed by atoms with E-state index in [4.69, 9.17) is 0 Å². The molecular weight excluding hydrogens is 130 g/mol. The Kier molecular flexibility index (Phi) is 2.04. The number of carbonyl (C=O) groups is 2. The highest BCUT2D eigenvalue weighted by atomic mass is 16.2. The molecule has 1 aliphatic heterocycles. The summed E-state index contributed by atoms with van der Waals surface area (Å²) >= 11 is 0. The van der Waals surface area contributed by atoms with Crippen molar-refractivity contribution in [2.75, 3.05) is 13.1 Å². The Bertz CT molecular complexity index is 150. The minimum Gasteiger partial charge on any atom is -0.341 e. The zero-order valence-electron chi connectivity index (χ0n) is 6.04. The summed E-state index contributed by atoms with van der Waals surface area (Å²) in [7, 11) is 0. The molecule has 0 aliphatic carbocycles. The maximum Gasteiger partial charge on any atom is 0.222 e. The Morgan fingerprint density at radius 1 is 1.70 bits per heavy atom. The van der Waals surface area contributed by atoms with E-state index in [1.165, 1.54) is 0 Å². The highest BCUT2D eigenvalue weighted by Gasteiger charge is 2.28. The van der Waals surface area contributed by atoms with Gasteiger partial charge in [-0.05, 0) is 0 Å². The zero-order valence-corrected chi connectivity index (χ0v) is 6.04. The fourth-order valence-electron chi connectivity index (χ4n) is 1.03. The fourth-order valence-corrected chi connectivity index (χ4v) is 1.03. The van der Waals surface area contributed by atoms with Crippen LogP contribution in [0.2, 0.25) is 0 Å². The third-order valence-corrected chi connectivity index (χ3v) is 1.76. The Morgan fingerprint density at radius 3 is 2.70 bits per heavy atom. The smallest absolute Gasteiger partial charge is 0.222 e. The molecule has 1 heterocycles. The van der Waals surface area contributed by atoms with Crippen LogP contribution in [0.5, 0.6) is 0 Å². The molecule has 56 valence electrons. The average molecular weight is 141 g/mol. The van der Waals surface area contributed by atoms with Gasteiger partial charge in [0.15, 0.2) is 0 Å². The van der Waals surface area contributed by atoms with Crippen LogP contribution in [0.1, 0.15) is 13.3 Å². The van der Waals surface area contributed by atoms with E-state index >= 15 is 0 Å². The summed E-state index contributed by atoms with van der Waals surface area (Å²) in [5.41, 5.74) is 0. The topological polar surface area (TPSA) is 37.4 Å². The summed E-state index contributed by atoms with van der Waals surface area (Å²) in [6, 6.07) is 0. The van der Waals surface area contributed by atoms with Crippen LogP contribution >= 0.6 is 0 Å². The van der Waals surface area contributed by atoms with E-state index in [1.54, 1.807) is 4.90 Å². The van der Waals surface area contributed by atoms with Crippen molar-refractivity contribution >= 4 is 12.2 Å². The molecule has 1 aliphatic rings. The predicted octanol–water partition coefficient (Wildman–Crippen LogP) is 0.0537. The molecule has 0 atom stereocenters. The number of hydrogen-bond donors (Lipinski definition) is 0. The summed E-state index contributed by atoms with van der Waals surface area (Å²) in [4.78, 5) is 22.7. The SMILES string of the molecule is CCC(=O)N1CC(C=O)C1. The van der Waals surface area contributed by atoms with Crippen LogP contribution in [0.4, 0.5) is 0 Å². The van der Waals surface area contributed by atoms with Gasteiger partial charge in [-0.2, -0.15) is 0 Å². The number of rotatable bonds is 2. The summed E-state index contributed by atoms with van der Waals surface area (Å²) in [6.07, 6.45) is 1.46. The van der Waals surface area contributed by atoms with Crippen LogP contribution in [-0.2, 0) is 9.59 Å². The van der Waals surface area contributed by atoms with Crippen molar-refractivity contribution in [1.82, 2.24) is 4.90 Å². The molecule has 1 amide bonds. The standard InChI is InChI=1S/C7H11NO2/c1-2-7(10)8-3-6(4-8)5-9/h5-6H,2-4H2,1H3. The van der Waals surface area contributed by atoms with Crippen LogP contribution in [0, 0.1) is 5.92 Å². The maximum atomic E-state index is 10.9. The first-order chi connectivity index (χ1) is 4.77. The van der Waals surface area contributed by atoms with Gasteiger partial charge in [-0.15, -0.1) is 0 Å². The number of carbonyl (C=O) groups excluding carboxylic acids is 2. The van der Waals surface area contributed by atoms with Crippen molar-refractivity contribution in [3.05, 3.63) is 0 Å². The van der Waals surface area contributed by atoms with Gasteiger partial charge in [-0.1, -0.05) is 6.92 Å². The van der Waals surface area contributed by atoms with Gasteiger partial charge in [-0.25, -0.2) is 0 Å². The molecular formula is C7H11NO2. The van der Waals surface area contributed by atoms with Gasteiger partial charge < -0.3 is 9.69 Å². The van der Waals surface area contributed by atoms with E-state index in [0.717, 1.165) is 6.29 Å². The fraction of sp³-hybridized carbons (Fsp3) is 0.714. The lowest BCUT2D eigenvalue weighted by Gasteiger charge is -2.35. The second kappa shape index (κ2) is 2.82. The lowest BCUT2D eigenvalue weighted by molar-refractivity contribution is -0.138. The Balaban J connectivity index is 2.25. The first-order valence-corrected chi connectivity index (χ1v) is 3.51. The Morgan fingerprint density at radius 2 is 2.30 bits per heavy atom. The largest absolute Gasteiger partial charge is 0.341 e. The van der Waals surface area contributed by atoms with Gasteiger partial charge in [0.05, 0.1) is 0 Å². The van der Waals surface area contributed by atoms with E-state index < -0.39 is 0 Å². The van der Waals surface area contributed by atoms with Crippen molar-refractivity contribution in [1.29, 1.82) is 0 Å². The van der Waals surface area contributed by atoms with E-state index in [1.807, 2.05) is 6.92 Å². The van der Waals surface area contributed by atoms with E-state index in [9.17, 15) is 9.59 Å². The molecule has 0 N–H and O–H groups in total. The second-order valence-electron chi connectivity index (χ2n) is 2.55. The lowest BCUT2D eigenvalue weighted by Crippen LogP contribution is -2.50. The monoisotopic (exact) mass is 141 g/mol. The molecule has 0 bridgehead atoms. The molecule has 0 saturated carbocycles. The average Bonchev–Trinajstić information content (AvgIpc) is 1.85. The second-order valence-corrected chi connectivity index (χ2v) is 2.55. The molecule has 0 aromatic carbocycles. The van der Waals surface area contributed by atoms with Crippen LogP contribution in [0.15, 0.2) is 0 Å². The Hall–Kier alpha value is -0.860. The highest BCUT2D eigenvalue weighted by Crippen LogP contribution is 2.13. The van der Waals surface area contributed by atoms with E-state index in [2.05, 4.69) is 0 Å². The number of nitrogens with zero attached hydrogens (tertiary/aromatic N) is 1. The molecule has 0 unspecified atom stereocenters. The van der Waals surface area contributed by atoms with Crippen LogP contribution in [0.3, 0.4) is 0 Å². The number of likely N-dealkylation sites (tertiary alicyclic amines) is 1. The van der Waals surface area contributed by atoms with Crippen molar-refractivity contribution in [2.45, 2.75) is 13.3 Å². The molecule has 3 nitrogen and oxygen atoms in total. The van der Waals surface area contributed by atoms with E-state index in [-0.39, 0.29) is 11.8 Å². The Labute approximate surface area is 60.0 Å². The lowest BCUT2D eigenvalue weighted by atomic mass is 10.0. The first-order valence-electron chi connectivity index (χ1n) is 3.51. The third-order valence-electron chi connectivity index (χ3n) is 1.76. The van der Waals surface area contributed by atoms with Crippen molar-refractivity contribution < 1.29 is 9.59 Å². The van der Waals surface area contributed by atoms with Crippen molar-refractivity contribution in [3.8, 4) is 0 Å². The minimum absolute atomic E-state index is 0.107. The minimum atomic E-state index is 0.107. The molecule has 1 fully saturated rings. The van der Waals surface area contributed by atoms with E-state index in [0.29, 0.717) is 19.5 Å². The number of amides is 1. The molecule has 3 heteroatoms. The zero-order chi connectivity index (χ0) is 7.56. The van der Waals surface area contributed by atoms with Gasteiger partial charge in [0, 0.05) is 25.4 Å². The normalized spacial score (nSPS) is 18.3. The van der Waals surface area contributed by atoms with Gasteiger partial charge in [0.2, 0.25) is 5.91 Å². The van der Waals surface area contributed by atoms with Crippen LogP contribution in [-0.4, -0.2) is 30.2 Å². The molecule has 0 aromatic rings. The molecule has 0 spiro atoms. The van der Waals surface area contributed by atoms with Crippen molar-refractivity contribution in [3.63, 3.8) is 0 Å². The van der Waals surface area contributed by atoms with Gasteiger partial charge in [0.25, 0.3) is 0 Å². The number of aldehydes is 1. The van der Waals surface area contributed by atoms with Gasteiger partial charge >= 0.3 is 0 Å². The van der Waals surface area contributed by atoms with Gasteiger partial charge in [-0.3, -0.25) is 4.79 Å². The van der Waals surface area contributed by atoms with Crippen LogP contribution in [0.25, 0.3) is 0 Å². The highest BCUT2D eigenvalue weighted by molar-refractivity contribution is 5.78. The van der Waals surface area contributed by atoms with Crippen molar-refractivity contribution in [2.24, 2.45) is 5.92 Å². The molecule has 10 heavy (non-hydrogen) atoms. The third kappa shape index (κ3) is 1.17. The molecule has 1 saturated heterocycles. The summed E-state index contributed by atoms with van der Waals surface area (Å²) in [5, 5.41) is 0. The summed E-state index contributed by atoms with van der Waals surface area (Å²) < 4.78 is 0. The molecule has 1 rings (SSSR count). The maximum absolute atomic E-state index is 10.9. The molecule has 0 aromatic heterocycles. The summed E-state index contributed by atoms with van der Waals surface area (Å²) in [6.45, 7) is 3.10. The number of hydrogen-bond acceptors (Lipinski definition) is 2.